The Kier molecular flexibility index (Phi) is 4.58. The van der Waals surface area contributed by atoms with Crippen molar-refractivity contribution >= 4 is 0 Å². The molecule has 0 radical (unpaired) electrons. The molecule has 2 rings (SSSR count). The van der Waals surface area contributed by atoms with E-state index in [2.05, 4.69) is 0 Å². The lowest BCUT2D eigenvalue weighted by Crippen LogP contribution is -2.18. The van der Waals surface area contributed by atoms with Gasteiger partial charge in [-0.25, -0.2) is 8.78 Å². The Balaban J connectivity index is 2.34. The Bertz CT molecular complexity index is 630. The maximum absolute atomic E-state index is 14.1. The van der Waals surface area contributed by atoms with E-state index >= 15 is 0 Å². The van der Waals surface area contributed by atoms with Crippen LogP contribution in [0.15, 0.2) is 30.3 Å². The standard InChI is InChI=1S/C17H19F2NO/c1-10-4-5-11(2)16(6-10)21-17-14(18)8-13(7-12(3)20)9-15(17)19/h4-6,8-9,12H,7,20H2,1-3H3. The summed E-state index contributed by atoms with van der Waals surface area (Å²) < 4.78 is 33.6. The molecule has 2 aromatic carbocycles. The van der Waals surface area contributed by atoms with Crippen LogP contribution in [0.4, 0.5) is 8.78 Å². The van der Waals surface area contributed by atoms with Crippen molar-refractivity contribution in [1.29, 1.82) is 0 Å². The Morgan fingerprint density at radius 2 is 1.71 bits per heavy atom. The van der Waals surface area contributed by atoms with Crippen molar-refractivity contribution in [3.63, 3.8) is 0 Å². The van der Waals surface area contributed by atoms with Crippen LogP contribution in [0, 0.1) is 25.5 Å². The maximum atomic E-state index is 14.1. The lowest BCUT2D eigenvalue weighted by Gasteiger charge is -2.13. The molecule has 0 amide bonds. The third kappa shape index (κ3) is 3.79. The van der Waals surface area contributed by atoms with E-state index in [0.717, 1.165) is 11.1 Å². The third-order valence-corrected chi connectivity index (χ3v) is 3.17. The molecular weight excluding hydrogens is 272 g/mol. The zero-order chi connectivity index (χ0) is 15.6. The quantitative estimate of drug-likeness (QED) is 0.913. The van der Waals surface area contributed by atoms with Gasteiger partial charge in [0.15, 0.2) is 17.4 Å². The summed E-state index contributed by atoms with van der Waals surface area (Å²) in [5, 5.41) is 0. The topological polar surface area (TPSA) is 35.2 Å². The molecule has 4 heteroatoms. The third-order valence-electron chi connectivity index (χ3n) is 3.17. The van der Waals surface area contributed by atoms with Gasteiger partial charge in [0.25, 0.3) is 0 Å². The molecule has 2 nitrogen and oxygen atoms in total. The van der Waals surface area contributed by atoms with Gasteiger partial charge in [0.2, 0.25) is 0 Å². The molecule has 0 fully saturated rings. The summed E-state index contributed by atoms with van der Waals surface area (Å²) in [4.78, 5) is 0. The fourth-order valence-electron chi connectivity index (χ4n) is 2.13. The van der Waals surface area contributed by atoms with E-state index in [0.29, 0.717) is 17.7 Å². The highest BCUT2D eigenvalue weighted by atomic mass is 19.1. The molecule has 0 heterocycles. The number of benzene rings is 2. The predicted octanol–water partition coefficient (Wildman–Crippen LogP) is 4.26. The number of hydrogen-bond donors (Lipinski definition) is 1. The second kappa shape index (κ2) is 6.22. The van der Waals surface area contributed by atoms with Crippen LogP contribution in [-0.2, 0) is 6.42 Å². The van der Waals surface area contributed by atoms with Crippen LogP contribution in [0.25, 0.3) is 0 Å². The van der Waals surface area contributed by atoms with Crippen molar-refractivity contribution < 1.29 is 13.5 Å². The SMILES string of the molecule is Cc1ccc(C)c(Oc2c(F)cc(CC(C)N)cc2F)c1. The minimum atomic E-state index is -0.716. The molecule has 21 heavy (non-hydrogen) atoms. The first-order valence-corrected chi connectivity index (χ1v) is 6.85. The summed E-state index contributed by atoms with van der Waals surface area (Å²) in [6.45, 7) is 5.51. The van der Waals surface area contributed by atoms with Crippen molar-refractivity contribution in [2.75, 3.05) is 0 Å². The monoisotopic (exact) mass is 291 g/mol. The molecule has 0 aliphatic heterocycles. The summed E-state index contributed by atoms with van der Waals surface area (Å²) in [6, 6.07) is 7.91. The Morgan fingerprint density at radius 3 is 2.29 bits per heavy atom. The molecule has 1 atom stereocenters. The maximum Gasteiger partial charge on any atom is 0.198 e. The Morgan fingerprint density at radius 1 is 1.10 bits per heavy atom. The fraction of sp³-hybridized carbons (Fsp3) is 0.294. The number of ether oxygens (including phenoxy) is 1. The van der Waals surface area contributed by atoms with Crippen LogP contribution in [0.2, 0.25) is 0 Å². The van der Waals surface area contributed by atoms with Gasteiger partial charge in [-0.3, -0.25) is 0 Å². The Labute approximate surface area is 123 Å². The second-order valence-electron chi connectivity index (χ2n) is 5.44. The molecule has 1 unspecified atom stereocenters. The minimum Gasteiger partial charge on any atom is -0.451 e. The van der Waals surface area contributed by atoms with Crippen LogP contribution in [0.3, 0.4) is 0 Å². The van der Waals surface area contributed by atoms with Crippen LogP contribution in [0.1, 0.15) is 23.6 Å². The summed E-state index contributed by atoms with van der Waals surface area (Å²) in [7, 11) is 0. The highest BCUT2D eigenvalue weighted by Crippen LogP contribution is 2.31. The van der Waals surface area contributed by atoms with Gasteiger partial charge in [-0.2, -0.15) is 0 Å². The first kappa shape index (κ1) is 15.4. The van der Waals surface area contributed by atoms with Crippen LogP contribution in [0.5, 0.6) is 11.5 Å². The van der Waals surface area contributed by atoms with Gasteiger partial charge in [0.05, 0.1) is 0 Å². The van der Waals surface area contributed by atoms with E-state index in [1.54, 1.807) is 13.0 Å². The zero-order valence-corrected chi connectivity index (χ0v) is 12.4. The largest absolute Gasteiger partial charge is 0.451 e. The highest BCUT2D eigenvalue weighted by molar-refractivity contribution is 5.41. The molecule has 2 aromatic rings. The molecule has 0 spiro atoms. The highest BCUT2D eigenvalue weighted by Gasteiger charge is 2.15. The Hall–Kier alpha value is -1.94. The van der Waals surface area contributed by atoms with Gasteiger partial charge < -0.3 is 10.5 Å². The summed E-state index contributed by atoms with van der Waals surface area (Å²) in [5.74, 6) is -1.36. The molecule has 2 N–H and O–H groups in total. The number of nitrogens with two attached hydrogens (primary N) is 1. The normalized spacial score (nSPS) is 12.3. The van der Waals surface area contributed by atoms with Crippen LogP contribution < -0.4 is 10.5 Å². The van der Waals surface area contributed by atoms with Gasteiger partial charge in [-0.15, -0.1) is 0 Å². The van der Waals surface area contributed by atoms with Crippen LogP contribution in [-0.4, -0.2) is 6.04 Å². The predicted molar refractivity (Wildman–Crippen MR) is 79.7 cm³/mol. The molecule has 112 valence electrons. The molecule has 0 aliphatic rings. The van der Waals surface area contributed by atoms with E-state index in [4.69, 9.17) is 10.5 Å². The fourth-order valence-corrected chi connectivity index (χ4v) is 2.13. The summed E-state index contributed by atoms with van der Waals surface area (Å²) >= 11 is 0. The van der Waals surface area contributed by atoms with Crippen molar-refractivity contribution in [3.8, 4) is 11.5 Å². The first-order valence-electron chi connectivity index (χ1n) is 6.85. The molecule has 0 saturated carbocycles. The molecular formula is C17H19F2NO. The first-order chi connectivity index (χ1) is 9.86. The molecule has 0 bridgehead atoms. The van der Waals surface area contributed by atoms with Gasteiger partial charge in [0, 0.05) is 6.04 Å². The van der Waals surface area contributed by atoms with E-state index in [1.165, 1.54) is 12.1 Å². The van der Waals surface area contributed by atoms with Crippen molar-refractivity contribution in [3.05, 3.63) is 58.7 Å². The van der Waals surface area contributed by atoms with Gasteiger partial charge in [-0.05, 0) is 62.1 Å². The van der Waals surface area contributed by atoms with Crippen LogP contribution >= 0.6 is 0 Å². The van der Waals surface area contributed by atoms with Gasteiger partial charge in [0.1, 0.15) is 5.75 Å². The second-order valence-corrected chi connectivity index (χ2v) is 5.44. The smallest absolute Gasteiger partial charge is 0.198 e. The minimum absolute atomic E-state index is 0.158. The van der Waals surface area contributed by atoms with E-state index in [1.807, 2.05) is 26.0 Å². The average Bonchev–Trinajstić information content (AvgIpc) is 2.37. The van der Waals surface area contributed by atoms with Crippen molar-refractivity contribution in [2.45, 2.75) is 33.2 Å². The van der Waals surface area contributed by atoms with E-state index in [-0.39, 0.29) is 11.8 Å². The van der Waals surface area contributed by atoms with E-state index in [9.17, 15) is 8.78 Å². The van der Waals surface area contributed by atoms with E-state index < -0.39 is 11.6 Å². The number of hydrogen-bond acceptors (Lipinski definition) is 2. The number of aryl methyl sites for hydroxylation is 2. The zero-order valence-electron chi connectivity index (χ0n) is 12.4. The molecule has 0 aromatic heterocycles. The number of rotatable bonds is 4. The molecule has 0 saturated heterocycles. The van der Waals surface area contributed by atoms with Crippen molar-refractivity contribution in [1.82, 2.24) is 0 Å². The summed E-state index contributed by atoms with van der Waals surface area (Å²) in [6.07, 6.45) is 0.414. The number of halogens is 2. The van der Waals surface area contributed by atoms with Gasteiger partial charge in [-0.1, -0.05) is 12.1 Å². The lowest BCUT2D eigenvalue weighted by atomic mass is 10.1. The average molecular weight is 291 g/mol. The van der Waals surface area contributed by atoms with Crippen molar-refractivity contribution in [2.24, 2.45) is 5.73 Å². The van der Waals surface area contributed by atoms with Gasteiger partial charge >= 0.3 is 0 Å². The molecule has 0 aliphatic carbocycles. The lowest BCUT2D eigenvalue weighted by molar-refractivity contribution is 0.404. The summed E-state index contributed by atoms with van der Waals surface area (Å²) in [5.41, 5.74) is 7.95.